The predicted molar refractivity (Wildman–Crippen MR) is 117 cm³/mol. The number of carbonyl (C=O) groups excluding carboxylic acids is 1. The van der Waals surface area contributed by atoms with Crippen molar-refractivity contribution in [1.82, 2.24) is 19.9 Å². The van der Waals surface area contributed by atoms with Crippen LogP contribution in [0.25, 0.3) is 11.0 Å². The summed E-state index contributed by atoms with van der Waals surface area (Å²) < 4.78 is 48.1. The van der Waals surface area contributed by atoms with Crippen LogP contribution >= 0.6 is 0 Å². The third-order valence-electron chi connectivity index (χ3n) is 4.94. The second-order valence-corrected chi connectivity index (χ2v) is 7.38. The van der Waals surface area contributed by atoms with Gasteiger partial charge in [-0.25, -0.2) is 9.97 Å². The van der Waals surface area contributed by atoms with Gasteiger partial charge >= 0.3 is 6.36 Å². The number of nitrogen functional groups attached to an aromatic ring is 1. The van der Waals surface area contributed by atoms with Crippen LogP contribution in [0.2, 0.25) is 0 Å². The molecule has 0 fully saturated rings. The number of halogens is 3. The van der Waals surface area contributed by atoms with E-state index in [9.17, 15) is 18.0 Å². The molecule has 0 atom stereocenters. The molecule has 0 saturated carbocycles. The van der Waals surface area contributed by atoms with E-state index in [4.69, 9.17) is 10.5 Å². The van der Waals surface area contributed by atoms with E-state index in [2.05, 4.69) is 24.6 Å². The lowest BCUT2D eigenvalue weighted by Crippen LogP contribution is -2.24. The van der Waals surface area contributed by atoms with Crippen LogP contribution in [0.5, 0.6) is 5.75 Å². The van der Waals surface area contributed by atoms with Crippen molar-refractivity contribution < 1.29 is 27.4 Å². The highest BCUT2D eigenvalue weighted by atomic mass is 19.4. The maximum Gasteiger partial charge on any atom is 0.573 e. The number of alkyl halides is 3. The number of unbranched alkanes of at least 4 members (excludes halogenated alkanes) is 1. The third-order valence-corrected chi connectivity index (χ3v) is 4.94. The largest absolute Gasteiger partial charge is 0.573 e. The topological polar surface area (TPSA) is 104 Å². The fourth-order valence-corrected chi connectivity index (χ4v) is 3.42. The van der Waals surface area contributed by atoms with Gasteiger partial charge in [0.15, 0.2) is 5.82 Å². The van der Waals surface area contributed by atoms with E-state index >= 15 is 0 Å². The minimum Gasteiger partial charge on any atom is -0.406 e. The van der Waals surface area contributed by atoms with Crippen molar-refractivity contribution in [3.8, 4) is 5.75 Å². The number of nitrogens with one attached hydrogen (secondary N) is 1. The number of imidazole rings is 1. The smallest absolute Gasteiger partial charge is 0.406 e. The Labute approximate surface area is 188 Å². The van der Waals surface area contributed by atoms with Gasteiger partial charge in [-0.05, 0) is 56.5 Å². The fraction of sp³-hybridized carbons (Fsp3) is 0.409. The summed E-state index contributed by atoms with van der Waals surface area (Å²) in [5.41, 5.74) is 8.78. The summed E-state index contributed by atoms with van der Waals surface area (Å²) in [6.07, 6.45) is -1.61. The molecule has 2 heterocycles. The quantitative estimate of drug-likeness (QED) is 0.439. The Bertz CT molecular complexity index is 1100. The molecule has 1 aromatic carbocycles. The first kappa shape index (κ1) is 24.3. The Balaban J connectivity index is 1.55. The average molecular weight is 465 g/mol. The van der Waals surface area contributed by atoms with Crippen LogP contribution in [-0.4, -0.2) is 40.0 Å². The van der Waals surface area contributed by atoms with Gasteiger partial charge in [0.1, 0.15) is 23.7 Å². The molecule has 33 heavy (non-hydrogen) atoms. The van der Waals surface area contributed by atoms with E-state index in [0.717, 1.165) is 35.5 Å². The molecule has 0 aliphatic heterocycles. The zero-order valence-corrected chi connectivity index (χ0v) is 18.4. The summed E-state index contributed by atoms with van der Waals surface area (Å²) in [5, 5.41) is 2.77. The Kier molecular flexibility index (Phi) is 7.75. The molecule has 3 N–H and O–H groups in total. The number of anilines is 1. The first-order valence-electron chi connectivity index (χ1n) is 10.5. The molecule has 0 saturated heterocycles. The van der Waals surface area contributed by atoms with Crippen LogP contribution in [-0.2, 0) is 17.9 Å². The van der Waals surface area contributed by atoms with Crippen molar-refractivity contribution in [3.05, 3.63) is 47.4 Å². The molecule has 0 aliphatic rings. The minimum atomic E-state index is -4.77. The normalized spacial score (nSPS) is 11.7. The average Bonchev–Trinajstić information content (AvgIpc) is 3.13. The molecule has 3 rings (SSSR count). The van der Waals surface area contributed by atoms with Crippen LogP contribution in [0.4, 0.5) is 19.0 Å². The maximum absolute atomic E-state index is 12.2. The van der Waals surface area contributed by atoms with Crippen LogP contribution in [0, 0.1) is 6.92 Å². The molecule has 11 heteroatoms. The number of nitrogens with two attached hydrogens (primary N) is 1. The zero-order chi connectivity index (χ0) is 24.0. The Morgan fingerprint density at radius 1 is 1.21 bits per heavy atom. The number of fused-ring (bicyclic) bond motifs is 1. The van der Waals surface area contributed by atoms with Crippen LogP contribution < -0.4 is 15.8 Å². The number of rotatable bonds is 10. The molecule has 8 nitrogen and oxygen atoms in total. The molecule has 0 unspecified atom stereocenters. The van der Waals surface area contributed by atoms with Gasteiger partial charge in [0.05, 0.1) is 5.52 Å². The number of aromatic nitrogens is 3. The second kappa shape index (κ2) is 10.5. The highest BCUT2D eigenvalue weighted by Crippen LogP contribution is 2.25. The van der Waals surface area contributed by atoms with Crippen LogP contribution in [0.1, 0.15) is 41.5 Å². The first-order chi connectivity index (χ1) is 15.7. The van der Waals surface area contributed by atoms with E-state index in [1.807, 2.05) is 13.8 Å². The molecule has 0 radical (unpaired) electrons. The molecule has 3 aromatic rings. The summed E-state index contributed by atoms with van der Waals surface area (Å²) in [6.45, 7) is 5.84. The van der Waals surface area contributed by atoms with Gasteiger partial charge in [-0.1, -0.05) is 0 Å². The lowest BCUT2D eigenvalue weighted by molar-refractivity contribution is -0.274. The van der Waals surface area contributed by atoms with Gasteiger partial charge < -0.3 is 25.1 Å². The molecule has 0 spiro atoms. The molecule has 0 aliphatic carbocycles. The molecule has 2 aromatic heterocycles. The summed E-state index contributed by atoms with van der Waals surface area (Å²) >= 11 is 0. The van der Waals surface area contributed by atoms with Crippen molar-refractivity contribution in [1.29, 1.82) is 0 Å². The number of nitrogens with zero attached hydrogens (tertiary/aromatic N) is 3. The standard InChI is InChI=1S/C22H26F3N5O3/c1-3-32-13-17-29-18-19(14(2)12-28-20(18)26)30(17)11-5-4-10-27-21(31)15-6-8-16(9-7-15)33-22(23,24)25/h6-9,12H,3-5,10-11,13H2,1-2H3,(H2,26,28)(H,27,31). The van der Waals surface area contributed by atoms with Gasteiger partial charge in [-0.2, -0.15) is 0 Å². The van der Waals surface area contributed by atoms with Gasteiger partial charge in [0.2, 0.25) is 0 Å². The number of hydrogen-bond donors (Lipinski definition) is 2. The second-order valence-electron chi connectivity index (χ2n) is 7.38. The number of amides is 1. The number of pyridine rings is 1. The van der Waals surface area contributed by atoms with E-state index in [1.54, 1.807) is 6.20 Å². The fourth-order valence-electron chi connectivity index (χ4n) is 3.42. The number of carbonyl (C=O) groups is 1. The monoisotopic (exact) mass is 465 g/mol. The first-order valence-corrected chi connectivity index (χ1v) is 10.5. The zero-order valence-electron chi connectivity index (χ0n) is 18.4. The lowest BCUT2D eigenvalue weighted by atomic mass is 10.2. The number of hydrogen-bond acceptors (Lipinski definition) is 6. The molecular weight excluding hydrogens is 439 g/mol. The minimum absolute atomic E-state index is 0.253. The number of aryl methyl sites for hydroxylation is 2. The summed E-state index contributed by atoms with van der Waals surface area (Å²) in [7, 11) is 0. The van der Waals surface area contributed by atoms with Gasteiger partial charge in [0.25, 0.3) is 5.91 Å². The van der Waals surface area contributed by atoms with Crippen LogP contribution in [0.3, 0.4) is 0 Å². The van der Waals surface area contributed by atoms with Crippen molar-refractivity contribution in [2.75, 3.05) is 18.9 Å². The van der Waals surface area contributed by atoms with E-state index in [0.29, 0.717) is 44.1 Å². The van der Waals surface area contributed by atoms with Crippen molar-refractivity contribution in [3.63, 3.8) is 0 Å². The number of benzene rings is 1. The SMILES string of the molecule is CCOCc1nc2c(N)ncc(C)c2n1CCCCNC(=O)c1ccc(OC(F)(F)F)cc1. The van der Waals surface area contributed by atoms with Crippen molar-refractivity contribution in [2.45, 2.75) is 46.2 Å². The van der Waals surface area contributed by atoms with E-state index in [-0.39, 0.29) is 17.2 Å². The highest BCUT2D eigenvalue weighted by Gasteiger charge is 2.31. The van der Waals surface area contributed by atoms with Gasteiger partial charge in [-0.15, -0.1) is 13.2 Å². The lowest BCUT2D eigenvalue weighted by Gasteiger charge is -2.11. The summed E-state index contributed by atoms with van der Waals surface area (Å²) in [6, 6.07) is 4.79. The highest BCUT2D eigenvalue weighted by molar-refractivity contribution is 5.94. The van der Waals surface area contributed by atoms with Gasteiger partial charge in [0, 0.05) is 31.5 Å². The van der Waals surface area contributed by atoms with Gasteiger partial charge in [-0.3, -0.25) is 4.79 Å². The molecule has 1 amide bonds. The van der Waals surface area contributed by atoms with Crippen LogP contribution in [0.15, 0.2) is 30.5 Å². The number of ether oxygens (including phenoxy) is 2. The Morgan fingerprint density at radius 2 is 1.94 bits per heavy atom. The predicted octanol–water partition coefficient (Wildman–Crippen LogP) is 3.97. The van der Waals surface area contributed by atoms with Crippen molar-refractivity contribution in [2.24, 2.45) is 0 Å². The third kappa shape index (κ3) is 6.35. The molecular formula is C22H26F3N5O3. The Hall–Kier alpha value is -3.34. The Morgan fingerprint density at radius 3 is 2.61 bits per heavy atom. The summed E-state index contributed by atoms with van der Waals surface area (Å²) in [4.78, 5) is 21.0. The maximum atomic E-state index is 12.2. The van der Waals surface area contributed by atoms with Crippen molar-refractivity contribution >= 4 is 22.8 Å². The molecule has 178 valence electrons. The molecule has 0 bridgehead atoms. The summed E-state index contributed by atoms with van der Waals surface area (Å²) in [5.74, 6) is 0.389. The van der Waals surface area contributed by atoms with E-state index in [1.165, 1.54) is 12.1 Å². The van der Waals surface area contributed by atoms with E-state index < -0.39 is 6.36 Å².